The number of likely N-dealkylation sites (tertiary alicyclic amines) is 1. The van der Waals surface area contributed by atoms with E-state index in [-0.39, 0.29) is 22.2 Å². The molecule has 5 rings (SSSR count). The number of carbonyl (C=O) groups is 1. The number of aromatic amines is 1. The van der Waals surface area contributed by atoms with Crippen molar-refractivity contribution >= 4 is 34.1 Å². The molecule has 2 aromatic heterocycles. The molecule has 1 unspecified atom stereocenters. The number of halogens is 1. The van der Waals surface area contributed by atoms with Gasteiger partial charge in [-0.1, -0.05) is 19.4 Å². The van der Waals surface area contributed by atoms with Gasteiger partial charge >= 0.3 is 11.7 Å². The standard InChI is InChI=1S/C35H43FN6O5/c1-4-24-15-25(10-9-22(24)3)38-31-18-32(43)42(35(47)39-31)13-8-6-7-12-40-14-11-23(20-40)19-37-29-17-30-26(16-28(29)36)33(44)27(34(45)46)21-41(30)5-2/h9-10,15-18,21,23,37-38H,4-8,11-14,19-20H2,1-3H3,(H,39,47)(H,45,46). The van der Waals surface area contributed by atoms with Gasteiger partial charge in [-0.25, -0.2) is 14.0 Å². The van der Waals surface area contributed by atoms with Crippen LogP contribution in [0.2, 0.25) is 0 Å². The van der Waals surface area contributed by atoms with Crippen molar-refractivity contribution in [3.05, 3.63) is 96.2 Å². The van der Waals surface area contributed by atoms with E-state index in [1.54, 1.807) is 10.6 Å². The molecule has 0 amide bonds. The largest absolute Gasteiger partial charge is 0.477 e. The Balaban J connectivity index is 1.08. The van der Waals surface area contributed by atoms with Gasteiger partial charge in [0, 0.05) is 49.5 Å². The number of nitrogens with one attached hydrogen (secondary N) is 3. The minimum atomic E-state index is -1.33. The molecule has 2 aromatic carbocycles. The zero-order chi connectivity index (χ0) is 33.7. The highest BCUT2D eigenvalue weighted by atomic mass is 19.1. The van der Waals surface area contributed by atoms with Crippen LogP contribution in [-0.4, -0.2) is 56.3 Å². The van der Waals surface area contributed by atoms with E-state index in [1.807, 2.05) is 25.1 Å². The predicted molar refractivity (Wildman–Crippen MR) is 183 cm³/mol. The van der Waals surface area contributed by atoms with Gasteiger partial charge in [0.1, 0.15) is 17.2 Å². The van der Waals surface area contributed by atoms with E-state index in [0.29, 0.717) is 43.3 Å². The van der Waals surface area contributed by atoms with Crippen LogP contribution in [0.5, 0.6) is 0 Å². The Hall–Kier alpha value is -4.71. The van der Waals surface area contributed by atoms with Crippen molar-refractivity contribution in [2.45, 2.75) is 66.0 Å². The molecule has 0 radical (unpaired) electrons. The monoisotopic (exact) mass is 646 g/mol. The number of fused-ring (bicyclic) bond motifs is 1. The summed E-state index contributed by atoms with van der Waals surface area (Å²) in [6.07, 6.45) is 5.70. The van der Waals surface area contributed by atoms with Gasteiger partial charge in [-0.05, 0) is 93.9 Å². The first-order chi connectivity index (χ1) is 22.6. The summed E-state index contributed by atoms with van der Waals surface area (Å²) in [7, 11) is 0. The van der Waals surface area contributed by atoms with Crippen molar-refractivity contribution in [3.8, 4) is 0 Å². The Bertz CT molecular complexity index is 1920. The summed E-state index contributed by atoms with van der Waals surface area (Å²) in [5.41, 5.74) is 2.17. The molecule has 1 aliphatic rings. The number of H-pyrrole nitrogens is 1. The number of anilines is 3. The van der Waals surface area contributed by atoms with E-state index < -0.39 is 22.9 Å². The average Bonchev–Trinajstić information content (AvgIpc) is 3.50. The third-order valence-corrected chi connectivity index (χ3v) is 9.08. The van der Waals surface area contributed by atoms with Gasteiger partial charge in [0.25, 0.3) is 5.56 Å². The zero-order valence-corrected chi connectivity index (χ0v) is 27.2. The first-order valence-corrected chi connectivity index (χ1v) is 16.3. The van der Waals surface area contributed by atoms with Crippen LogP contribution in [0.25, 0.3) is 10.9 Å². The fourth-order valence-electron chi connectivity index (χ4n) is 6.36. The molecule has 0 spiro atoms. The van der Waals surface area contributed by atoms with Gasteiger partial charge in [-0.3, -0.25) is 19.1 Å². The van der Waals surface area contributed by atoms with E-state index in [4.69, 9.17) is 0 Å². The second kappa shape index (κ2) is 14.8. The number of benzene rings is 2. The molecule has 0 saturated carbocycles. The summed E-state index contributed by atoms with van der Waals surface area (Å²) in [5.74, 6) is -1.22. The van der Waals surface area contributed by atoms with Crippen molar-refractivity contribution in [1.29, 1.82) is 0 Å². The number of carboxylic acids is 1. The Morgan fingerprint density at radius 1 is 1.06 bits per heavy atom. The van der Waals surface area contributed by atoms with Crippen LogP contribution in [0.1, 0.15) is 61.0 Å². The topological polar surface area (TPSA) is 141 Å². The number of nitrogens with zero attached hydrogens (tertiary/aromatic N) is 3. The van der Waals surface area contributed by atoms with Gasteiger partial charge in [-0.15, -0.1) is 0 Å². The van der Waals surface area contributed by atoms with E-state index >= 15 is 0 Å². The third kappa shape index (κ3) is 7.82. The molecule has 11 nitrogen and oxygen atoms in total. The summed E-state index contributed by atoms with van der Waals surface area (Å²) >= 11 is 0. The van der Waals surface area contributed by atoms with Crippen molar-refractivity contribution in [2.24, 2.45) is 5.92 Å². The molecule has 4 N–H and O–H groups in total. The molecular formula is C35H43FN6O5. The molecule has 250 valence electrons. The summed E-state index contributed by atoms with van der Waals surface area (Å²) in [6, 6.07) is 10.1. The summed E-state index contributed by atoms with van der Waals surface area (Å²) in [6.45, 7) is 10.1. The number of carboxylic acid groups (broad SMARTS) is 1. The first-order valence-electron chi connectivity index (χ1n) is 16.3. The fourth-order valence-corrected chi connectivity index (χ4v) is 6.36. The van der Waals surface area contributed by atoms with Crippen molar-refractivity contribution in [2.75, 3.05) is 36.8 Å². The van der Waals surface area contributed by atoms with Crippen molar-refractivity contribution in [1.82, 2.24) is 19.0 Å². The van der Waals surface area contributed by atoms with Crippen molar-refractivity contribution < 1.29 is 14.3 Å². The van der Waals surface area contributed by atoms with Crippen molar-refractivity contribution in [3.63, 3.8) is 0 Å². The Labute approximate surface area is 272 Å². The number of hydrogen-bond acceptors (Lipinski definition) is 7. The number of unbranched alkanes of at least 4 members (excludes halogenated alkanes) is 2. The molecule has 47 heavy (non-hydrogen) atoms. The minimum absolute atomic E-state index is 0.0499. The van der Waals surface area contributed by atoms with Crippen LogP contribution < -0.4 is 27.3 Å². The molecule has 1 aliphatic heterocycles. The predicted octanol–water partition coefficient (Wildman–Crippen LogP) is 4.93. The van der Waals surface area contributed by atoms with Crippen LogP contribution in [0.3, 0.4) is 0 Å². The minimum Gasteiger partial charge on any atom is -0.477 e. The molecular weight excluding hydrogens is 603 g/mol. The van der Waals surface area contributed by atoms with Crippen LogP contribution in [0, 0.1) is 18.7 Å². The lowest BCUT2D eigenvalue weighted by molar-refractivity contribution is 0.0695. The Morgan fingerprint density at radius 2 is 1.85 bits per heavy atom. The number of aromatic carboxylic acids is 1. The normalized spacial score (nSPS) is 14.9. The third-order valence-electron chi connectivity index (χ3n) is 9.08. The van der Waals surface area contributed by atoms with Crippen LogP contribution >= 0.6 is 0 Å². The second-order valence-electron chi connectivity index (χ2n) is 12.3. The quantitative estimate of drug-likeness (QED) is 0.141. The lowest BCUT2D eigenvalue weighted by Crippen LogP contribution is -2.35. The van der Waals surface area contributed by atoms with Gasteiger partial charge in [-0.2, -0.15) is 0 Å². The number of rotatable bonds is 14. The zero-order valence-electron chi connectivity index (χ0n) is 27.2. The van der Waals surface area contributed by atoms with Crippen LogP contribution in [0.15, 0.2) is 57.0 Å². The molecule has 0 bridgehead atoms. The summed E-state index contributed by atoms with van der Waals surface area (Å²) in [4.78, 5) is 54.6. The maximum absolute atomic E-state index is 15.0. The maximum Gasteiger partial charge on any atom is 0.341 e. The highest BCUT2D eigenvalue weighted by molar-refractivity contribution is 5.93. The lowest BCUT2D eigenvalue weighted by atomic mass is 10.1. The van der Waals surface area contributed by atoms with E-state index in [0.717, 1.165) is 57.1 Å². The molecule has 4 aromatic rings. The first kappa shape index (κ1) is 33.6. The van der Waals surface area contributed by atoms with E-state index in [2.05, 4.69) is 34.4 Å². The van der Waals surface area contributed by atoms with Gasteiger partial charge in [0.05, 0.1) is 11.2 Å². The lowest BCUT2D eigenvalue weighted by Gasteiger charge is -2.17. The summed E-state index contributed by atoms with van der Waals surface area (Å²) < 4.78 is 17.9. The molecule has 1 saturated heterocycles. The Morgan fingerprint density at radius 3 is 2.57 bits per heavy atom. The smallest absolute Gasteiger partial charge is 0.341 e. The van der Waals surface area contributed by atoms with Crippen LogP contribution in [-0.2, 0) is 19.5 Å². The number of pyridine rings is 1. The fraction of sp³-hybridized carbons (Fsp3) is 0.429. The highest BCUT2D eigenvalue weighted by Crippen LogP contribution is 2.24. The molecule has 12 heteroatoms. The van der Waals surface area contributed by atoms with Crippen LogP contribution in [0.4, 0.5) is 21.6 Å². The van der Waals surface area contributed by atoms with Gasteiger partial charge in [0.2, 0.25) is 5.43 Å². The van der Waals surface area contributed by atoms with Gasteiger partial charge < -0.3 is 25.2 Å². The summed E-state index contributed by atoms with van der Waals surface area (Å²) in [5, 5.41) is 15.7. The van der Waals surface area contributed by atoms with Gasteiger partial charge in [0.15, 0.2) is 0 Å². The highest BCUT2D eigenvalue weighted by Gasteiger charge is 2.23. The molecule has 0 aliphatic carbocycles. The SMILES string of the molecule is CCc1cc(Nc2cc(=O)n(CCCCCN3CCC(CNc4cc5c(cc4F)c(=O)c(C(=O)O)cn5CC)C3)c(=O)[nH]2)ccc1C. The maximum atomic E-state index is 15.0. The average molecular weight is 647 g/mol. The molecule has 3 heterocycles. The second-order valence-corrected chi connectivity index (χ2v) is 12.3. The Kier molecular flexibility index (Phi) is 10.6. The number of aryl methyl sites for hydroxylation is 3. The molecule has 1 atom stereocenters. The van der Waals surface area contributed by atoms with E-state index in [9.17, 15) is 28.7 Å². The number of hydrogen-bond donors (Lipinski definition) is 4. The molecule has 1 fully saturated rings. The van der Waals surface area contributed by atoms with E-state index in [1.165, 1.54) is 28.0 Å². The number of aromatic nitrogens is 3.